The third-order valence-corrected chi connectivity index (χ3v) is 4.88. The van der Waals surface area contributed by atoms with Crippen molar-refractivity contribution >= 4 is 48.2 Å². The van der Waals surface area contributed by atoms with Gasteiger partial charge in [-0.05, 0) is 38.1 Å². The van der Waals surface area contributed by atoms with Gasteiger partial charge in [-0.3, -0.25) is 14.4 Å². The van der Waals surface area contributed by atoms with Gasteiger partial charge in [0.25, 0.3) is 5.91 Å². The van der Waals surface area contributed by atoms with Crippen molar-refractivity contribution in [3.8, 4) is 0 Å². The van der Waals surface area contributed by atoms with Crippen LogP contribution in [0.1, 0.15) is 30.6 Å². The predicted octanol–water partition coefficient (Wildman–Crippen LogP) is 1.35. The number of likely N-dealkylation sites (N-methyl/N-ethyl adjacent to an activating group) is 1. The minimum atomic E-state index is -0.664. The van der Waals surface area contributed by atoms with Crippen molar-refractivity contribution in [2.45, 2.75) is 26.3 Å². The molecule has 0 radical (unpaired) electrons. The molecular formula is C20H33Cl2N5O3. The van der Waals surface area contributed by atoms with Crippen molar-refractivity contribution in [1.82, 2.24) is 15.1 Å². The number of nitrogens with two attached hydrogens (primary N) is 1. The fourth-order valence-corrected chi connectivity index (χ4v) is 2.98. The largest absolute Gasteiger partial charge is 0.346 e. The Hall–Kier alpha value is -1.87. The zero-order valence-corrected chi connectivity index (χ0v) is 19.4. The van der Waals surface area contributed by atoms with Gasteiger partial charge in [-0.25, -0.2) is 0 Å². The molecule has 1 fully saturated rings. The van der Waals surface area contributed by atoms with Gasteiger partial charge in [0.15, 0.2) is 0 Å². The van der Waals surface area contributed by atoms with Gasteiger partial charge >= 0.3 is 0 Å². The van der Waals surface area contributed by atoms with Crippen LogP contribution in [0.4, 0.5) is 5.69 Å². The lowest BCUT2D eigenvalue weighted by molar-refractivity contribution is -0.125. The Morgan fingerprint density at radius 2 is 1.73 bits per heavy atom. The number of anilines is 1. The average molecular weight is 462 g/mol. The van der Waals surface area contributed by atoms with E-state index in [1.807, 2.05) is 25.8 Å². The number of para-hydroxylation sites is 1. The Morgan fingerprint density at radius 3 is 2.40 bits per heavy atom. The Morgan fingerprint density at radius 1 is 1.07 bits per heavy atom. The second-order valence-corrected chi connectivity index (χ2v) is 7.53. The molecule has 0 saturated carbocycles. The third kappa shape index (κ3) is 8.10. The molecular weight excluding hydrogens is 429 g/mol. The summed E-state index contributed by atoms with van der Waals surface area (Å²) in [7, 11) is 2.04. The Labute approximate surface area is 190 Å². The lowest BCUT2D eigenvalue weighted by atomic mass is 10.1. The van der Waals surface area contributed by atoms with Crippen LogP contribution in [0.15, 0.2) is 24.3 Å². The molecule has 2 rings (SSSR count). The van der Waals surface area contributed by atoms with Gasteiger partial charge in [0.05, 0.1) is 23.8 Å². The summed E-state index contributed by atoms with van der Waals surface area (Å²) in [6, 6.07) is 6.27. The highest BCUT2D eigenvalue weighted by Gasteiger charge is 2.22. The Balaban J connectivity index is 0.00000420. The van der Waals surface area contributed by atoms with Crippen molar-refractivity contribution in [2.24, 2.45) is 11.7 Å². The normalized spacial score (nSPS) is 15.3. The molecule has 1 heterocycles. The smallest absolute Gasteiger partial charge is 0.256 e. The number of halogens is 2. The molecule has 30 heavy (non-hydrogen) atoms. The summed E-state index contributed by atoms with van der Waals surface area (Å²) in [5.74, 6) is -0.894. The second-order valence-electron chi connectivity index (χ2n) is 7.53. The number of nitrogens with one attached hydrogen (secondary N) is 2. The first kappa shape index (κ1) is 28.1. The summed E-state index contributed by atoms with van der Waals surface area (Å²) in [5, 5.41) is 5.26. The van der Waals surface area contributed by atoms with Gasteiger partial charge in [-0.1, -0.05) is 26.0 Å². The van der Waals surface area contributed by atoms with E-state index in [9.17, 15) is 14.4 Å². The van der Waals surface area contributed by atoms with Gasteiger partial charge in [0.1, 0.15) is 0 Å². The molecule has 170 valence electrons. The number of carbonyl (C=O) groups is 3. The molecule has 1 saturated heterocycles. The summed E-state index contributed by atoms with van der Waals surface area (Å²) >= 11 is 0. The Kier molecular flexibility index (Phi) is 12.6. The van der Waals surface area contributed by atoms with Gasteiger partial charge in [0.2, 0.25) is 11.8 Å². The number of hydrogen-bond acceptors (Lipinski definition) is 5. The maximum Gasteiger partial charge on any atom is 0.256 e. The van der Waals surface area contributed by atoms with Crippen LogP contribution in [0, 0.1) is 5.92 Å². The molecule has 0 aromatic heterocycles. The topological polar surface area (TPSA) is 108 Å². The van der Waals surface area contributed by atoms with Crippen LogP contribution in [-0.4, -0.2) is 73.3 Å². The molecule has 1 aromatic rings. The highest BCUT2D eigenvalue weighted by Crippen LogP contribution is 2.18. The summed E-state index contributed by atoms with van der Waals surface area (Å²) in [6.07, 6.45) is 0.916. The zero-order valence-electron chi connectivity index (χ0n) is 17.7. The maximum atomic E-state index is 13.0. The summed E-state index contributed by atoms with van der Waals surface area (Å²) in [6.45, 7) is 6.61. The number of benzene rings is 1. The van der Waals surface area contributed by atoms with Crippen molar-refractivity contribution < 1.29 is 14.4 Å². The van der Waals surface area contributed by atoms with E-state index < -0.39 is 11.9 Å². The Bertz CT molecular complexity index is 717. The van der Waals surface area contributed by atoms with E-state index in [0.29, 0.717) is 24.3 Å². The van der Waals surface area contributed by atoms with Crippen LogP contribution >= 0.6 is 24.8 Å². The highest BCUT2D eigenvalue weighted by molar-refractivity contribution is 6.04. The monoisotopic (exact) mass is 461 g/mol. The number of amides is 3. The molecule has 0 spiro atoms. The standard InChI is InChI=1S/C20H31N5O3.2ClH/c1-14(2)18(21)19(27)22-13-17(26)23-16-8-5-4-7-15(16)20(28)25-10-6-9-24(3)11-12-25;;/h4-5,7-8,14,18H,6,9-13,21H2,1-3H3,(H,22,27)(H,23,26);2*1H/t18-;;/m0../s1. The fourth-order valence-electron chi connectivity index (χ4n) is 2.98. The van der Waals surface area contributed by atoms with E-state index in [4.69, 9.17) is 5.73 Å². The molecule has 0 bridgehead atoms. The molecule has 1 atom stereocenters. The summed E-state index contributed by atoms with van der Waals surface area (Å²) < 4.78 is 0. The van der Waals surface area contributed by atoms with E-state index >= 15 is 0 Å². The minimum Gasteiger partial charge on any atom is -0.346 e. The third-order valence-electron chi connectivity index (χ3n) is 4.88. The highest BCUT2D eigenvalue weighted by atomic mass is 35.5. The maximum absolute atomic E-state index is 13.0. The number of hydrogen-bond donors (Lipinski definition) is 3. The summed E-state index contributed by atoms with van der Waals surface area (Å²) in [5.41, 5.74) is 6.66. The van der Waals surface area contributed by atoms with Crippen LogP contribution in [0.5, 0.6) is 0 Å². The lowest BCUT2D eigenvalue weighted by Crippen LogP contribution is -2.46. The van der Waals surface area contributed by atoms with Crippen molar-refractivity contribution in [3.63, 3.8) is 0 Å². The number of carbonyl (C=O) groups excluding carboxylic acids is 3. The van der Waals surface area contributed by atoms with Crippen LogP contribution in [0.2, 0.25) is 0 Å². The van der Waals surface area contributed by atoms with Gasteiger partial charge in [0, 0.05) is 19.6 Å². The van der Waals surface area contributed by atoms with E-state index in [1.54, 1.807) is 24.3 Å². The van der Waals surface area contributed by atoms with E-state index in [2.05, 4.69) is 15.5 Å². The fraction of sp³-hybridized carbons (Fsp3) is 0.550. The van der Waals surface area contributed by atoms with Gasteiger partial charge < -0.3 is 26.2 Å². The molecule has 10 heteroatoms. The van der Waals surface area contributed by atoms with E-state index in [-0.39, 0.29) is 49.1 Å². The van der Waals surface area contributed by atoms with E-state index in [0.717, 1.165) is 19.5 Å². The minimum absolute atomic E-state index is 0. The van der Waals surface area contributed by atoms with Crippen molar-refractivity contribution in [2.75, 3.05) is 45.1 Å². The first-order valence-electron chi connectivity index (χ1n) is 9.69. The molecule has 3 amide bonds. The second kappa shape index (κ2) is 13.4. The van der Waals surface area contributed by atoms with Gasteiger partial charge in [-0.2, -0.15) is 0 Å². The average Bonchev–Trinajstić information content (AvgIpc) is 2.89. The predicted molar refractivity (Wildman–Crippen MR) is 123 cm³/mol. The number of nitrogens with zero attached hydrogens (tertiary/aromatic N) is 2. The SMILES string of the molecule is CC(C)[C@H](N)C(=O)NCC(=O)Nc1ccccc1C(=O)N1CCCN(C)CC1.Cl.Cl. The van der Waals surface area contributed by atoms with Crippen LogP contribution < -0.4 is 16.4 Å². The molecule has 1 aromatic carbocycles. The quantitative estimate of drug-likeness (QED) is 0.592. The molecule has 1 aliphatic rings. The first-order valence-corrected chi connectivity index (χ1v) is 9.69. The van der Waals surface area contributed by atoms with E-state index in [1.165, 1.54) is 0 Å². The van der Waals surface area contributed by atoms with Crippen LogP contribution in [-0.2, 0) is 9.59 Å². The van der Waals surface area contributed by atoms with Crippen LogP contribution in [0.3, 0.4) is 0 Å². The van der Waals surface area contributed by atoms with Crippen LogP contribution in [0.25, 0.3) is 0 Å². The molecule has 8 nitrogen and oxygen atoms in total. The molecule has 0 unspecified atom stereocenters. The first-order chi connectivity index (χ1) is 13.3. The number of rotatable bonds is 6. The molecule has 0 aliphatic carbocycles. The van der Waals surface area contributed by atoms with Crippen molar-refractivity contribution in [1.29, 1.82) is 0 Å². The van der Waals surface area contributed by atoms with Gasteiger partial charge in [-0.15, -0.1) is 24.8 Å². The molecule has 4 N–H and O–H groups in total. The molecule has 1 aliphatic heterocycles. The summed E-state index contributed by atoms with van der Waals surface area (Å²) in [4.78, 5) is 41.1. The lowest BCUT2D eigenvalue weighted by Gasteiger charge is -2.22. The zero-order chi connectivity index (χ0) is 20.7. The van der Waals surface area contributed by atoms with Crippen molar-refractivity contribution in [3.05, 3.63) is 29.8 Å².